The highest BCUT2D eigenvalue weighted by atomic mass is 32.7. The maximum Gasteiger partial charge on any atom is 0.351 e. The van der Waals surface area contributed by atoms with Crippen molar-refractivity contribution in [2.24, 2.45) is 0 Å². The van der Waals surface area contributed by atoms with E-state index in [2.05, 4.69) is 54.8 Å². The Morgan fingerprint density at radius 3 is 1.06 bits per heavy atom. The number of nitrogens with two attached hydrogens (primary N) is 4. The van der Waals surface area contributed by atoms with Crippen molar-refractivity contribution in [3.8, 4) is 0 Å². The number of aryl methyl sites for hydroxylation is 5. The molecule has 0 aromatic carbocycles. The number of nitrogens with zero attached hydrogens (tertiary/aromatic N) is 14. The zero-order valence-corrected chi connectivity index (χ0v) is 87.5. The van der Waals surface area contributed by atoms with Crippen LogP contribution >= 0.6 is 48.2 Å². The predicted octanol–water partition coefficient (Wildman–Crippen LogP) is -3.09. The first-order valence-corrected chi connectivity index (χ1v) is 60.2. The maximum atomic E-state index is 15.0. The molecule has 7 saturated heterocycles. The van der Waals surface area contributed by atoms with Crippen LogP contribution in [0, 0.1) is 34.6 Å². The smallest absolute Gasteiger partial charge is 0.351 e. The van der Waals surface area contributed by atoms with E-state index in [0.717, 1.165) is 42.5 Å². The molecule has 0 radical (unpaired) electrons. The Morgan fingerprint density at radius 2 is 0.683 bits per heavy atom. The largest absolute Gasteiger partial charge is 0.780 e. The van der Waals surface area contributed by atoms with Gasteiger partial charge in [0.2, 0.25) is 5.95 Å². The number of imidazole rings is 2. The van der Waals surface area contributed by atoms with Crippen molar-refractivity contribution in [3.63, 3.8) is 0 Å². The summed E-state index contributed by atoms with van der Waals surface area (Å²) in [6, 6.07) is 0. The molecule has 9 aromatic rings. The van der Waals surface area contributed by atoms with Gasteiger partial charge in [-0.25, -0.2) is 43.9 Å². The summed E-state index contributed by atoms with van der Waals surface area (Å²) >= 11 is 32.3. The van der Waals surface area contributed by atoms with E-state index in [1.165, 1.54) is 81.2 Å². The van der Waals surface area contributed by atoms with Crippen LogP contribution in [0.25, 0.3) is 22.3 Å². The average Bonchev–Trinajstić information content (AvgIpc) is 1.61. The molecule has 60 nitrogen and oxygen atoms in total. The summed E-state index contributed by atoms with van der Waals surface area (Å²) in [7, 11) is -4.89. The summed E-state index contributed by atoms with van der Waals surface area (Å²) in [5.41, 5.74) is 17.2. The summed E-state index contributed by atoms with van der Waals surface area (Å²) in [5.74, 6) is -0.754. The van der Waals surface area contributed by atoms with Crippen LogP contribution in [0.2, 0.25) is 0 Å². The lowest BCUT2D eigenvalue weighted by Gasteiger charge is -2.36. The topological polar surface area (TPSA) is 812 Å². The molecule has 16 heterocycles. The quantitative estimate of drug-likeness (QED) is 0.0139. The van der Waals surface area contributed by atoms with Gasteiger partial charge in [-0.05, 0) is 41.0 Å². The second kappa shape index (κ2) is 44.3. The van der Waals surface area contributed by atoms with Crippen molar-refractivity contribution in [1.29, 1.82) is 0 Å². The number of phosphoric ester groups is 1. The Morgan fingerprint density at radius 1 is 0.372 bits per heavy atom. The molecule has 0 bridgehead atoms. The molecule has 0 spiro atoms. The molecule has 794 valence electrons. The first kappa shape index (κ1) is 111. The predicted molar refractivity (Wildman–Crippen MR) is 507 cm³/mol. The summed E-state index contributed by atoms with van der Waals surface area (Å²) in [6.07, 6.45) is -22.6. The highest BCUT2D eigenvalue weighted by Gasteiger charge is 2.50. The lowest BCUT2D eigenvalue weighted by atomic mass is 10.1. The van der Waals surface area contributed by atoms with Crippen molar-refractivity contribution in [2.45, 2.75) is 222 Å². The lowest BCUT2D eigenvalue weighted by Crippen LogP contribution is -2.35. The molecule has 7 fully saturated rings. The van der Waals surface area contributed by atoms with Gasteiger partial charge in [0, 0.05) is 111 Å². The van der Waals surface area contributed by atoms with Crippen LogP contribution in [0.3, 0.4) is 0 Å². The average molecular weight is 2280 g/mol. The van der Waals surface area contributed by atoms with Gasteiger partial charge in [0.1, 0.15) is 137 Å². The molecule has 0 saturated carbocycles. The molecule has 7 unspecified atom stereocenters. The van der Waals surface area contributed by atoms with Crippen LogP contribution in [0.4, 0.5) is 23.4 Å². The number of aromatic amines is 4. The monoisotopic (exact) mass is 2280 g/mol. The zero-order valence-electron chi connectivity index (χ0n) is 76.3. The fraction of sp³-hybridized carbons (Fsp3) is 0.583. The molecular formula is C72H90N22O38P7S6-7. The number of hydrogen-bond donors (Lipinski definition) is 8. The van der Waals surface area contributed by atoms with Gasteiger partial charge in [-0.3, -0.25) is 80.2 Å². The second-order valence-corrected chi connectivity index (χ2v) is 51.6. The first-order chi connectivity index (χ1) is 68.2. The van der Waals surface area contributed by atoms with Gasteiger partial charge in [0.15, 0.2) is 29.4 Å². The number of H-pyrrole nitrogens is 4. The Labute approximate surface area is 845 Å². The van der Waals surface area contributed by atoms with Gasteiger partial charge < -0.3 is 161 Å². The van der Waals surface area contributed by atoms with Crippen LogP contribution < -0.4 is 103 Å². The van der Waals surface area contributed by atoms with Crippen LogP contribution in [0.15, 0.2) is 93.1 Å². The van der Waals surface area contributed by atoms with E-state index in [1.807, 2.05) is 0 Å². The number of nitrogens with one attached hydrogen (secondary N) is 4. The van der Waals surface area contributed by atoms with Gasteiger partial charge in [0.25, 0.3) is 30.1 Å². The Kier molecular flexibility index (Phi) is 33.8. The molecule has 12 N–H and O–H groups in total. The minimum absolute atomic E-state index is 0.0115. The highest BCUT2D eigenvalue weighted by molar-refractivity contribution is 8.32. The summed E-state index contributed by atoms with van der Waals surface area (Å²) in [6.45, 7) is -25.4. The minimum atomic E-state index is -5.89. The molecule has 73 heteroatoms. The third-order valence-electron chi connectivity index (χ3n) is 23.9. The molecule has 0 aliphatic carbocycles. The molecule has 16 rings (SSSR count). The molecule has 145 heavy (non-hydrogen) atoms. The molecule has 0 amide bonds. The van der Waals surface area contributed by atoms with Gasteiger partial charge in [0.05, 0.1) is 101 Å². The van der Waals surface area contributed by atoms with Crippen molar-refractivity contribution in [3.05, 3.63) is 172 Å². The Hall–Kier alpha value is -7.12. The minimum Gasteiger partial charge on any atom is -0.780 e. The Bertz CT molecular complexity index is 7380. The van der Waals surface area contributed by atoms with E-state index < -0.39 is 287 Å². The second-order valence-electron chi connectivity index (χ2n) is 33.8. The fourth-order valence-corrected chi connectivity index (χ4v) is 25.9. The SMILES string of the molecule is CC[C@H]1O[C@@H](n2cc(C)c(=O)[nH]c2=O)C[C@H]1OP([O-])(=S)OC[C@H]1O[C@@H](n2cnc3c(=O)[nH]c(N)nc32)C[C@H]1OP(=O)([S-])OC[C@H]1O[C@@H](n2cnc3c(N)ncnc32)C[C@H]1OP([O-])(=S)OC[C@H]1O[C@@H](n2cc(C)c(N)nc2=O)C[C@H]1OP(=O)([O-])OC[C@H]1O[C@@H](n2cc(C)c(N)nc2=O)C[C@H]1OP([O-])(=S)OC[C@H]1O[C@@H](n2cc(C)c(=O)[nH]c2=O)C[C@H]1OP([O-])(=S)OC[C@H]1O[C@@H](n2cc(C)c(=O)[nH]c2=O)C[C@H]1OP([O-])(=S)OC. The molecule has 9 aromatic heterocycles. The summed E-state index contributed by atoms with van der Waals surface area (Å²) in [5, 5.41) is 0. The number of rotatable bonds is 41. The summed E-state index contributed by atoms with van der Waals surface area (Å²) < 4.78 is 161. The molecular weight excluding hydrogens is 2190 g/mol. The van der Waals surface area contributed by atoms with E-state index in [-0.39, 0.29) is 106 Å². The molecule has 7 aliphatic heterocycles. The van der Waals surface area contributed by atoms with Gasteiger partial charge in [-0.15, -0.1) is 0 Å². The van der Waals surface area contributed by atoms with Gasteiger partial charge in [-0.2, -0.15) is 15.0 Å². The number of hydrogen-bond acceptors (Lipinski definition) is 55. The van der Waals surface area contributed by atoms with E-state index in [1.54, 1.807) is 6.92 Å². The third kappa shape index (κ3) is 26.1. The van der Waals surface area contributed by atoms with Crippen molar-refractivity contribution < 1.29 is 135 Å². The number of ether oxygens (including phenoxy) is 7. The lowest BCUT2D eigenvalue weighted by molar-refractivity contribution is -0.235. The number of aromatic nitrogens is 18. The van der Waals surface area contributed by atoms with E-state index >= 15 is 0 Å². The number of nitrogen functional groups attached to an aromatic ring is 4. The Balaban J connectivity index is 0.609. The zero-order chi connectivity index (χ0) is 105. The molecule has 28 atom stereocenters. The first-order valence-electron chi connectivity index (χ1n) is 43.4. The standard InChI is InChI=1S/C72H97N22O38P7S6/c1-8-35-36(9-49(119-35)90-18-32(4)63(95)85-70(90)101)128-135(107,141)115-26-48-42(15-55(125-48)94-29-80-57-62(94)83-67(76)84-66(57)98)132-139(111,145)118-25-47-41(14-54(124-47)93-28-79-56-60(75)77-27-78-61(56)93)131-136(108,142)114-22-44-37(10-50(121-44)88-16-30(2)58(73)81-68(88)99)126-133(104,105)113-21-43-39(12-51(120-43)89-17-31(3)59(74)82-69(89)100)129-137(109,143)117-24-46-40(13-53(123-46)92-20-34(6)65(97)87-72(92)103)130-138(110,144)116-23-45-38(127-134(106,140)112-7)11-52(122-45)91-19-33(5)64(96)86-71(91)102/h16-20,27-29,35-55H,8-15,21-26H2,1-7H3,(H,104,105)(H,106,140)(H,107,141)(H,108,142)(H,109,143)(H,110,144)(H,111,145)(H2,73,81,99)(H2,74,82,100)(H2,75,77,78)(H,85,95,101)(H,86,96,102)(H,87,97,103)(H3,76,83,84,98)/p-7/t35-,36-,37-,38-,39-,40-,41-,42-,43-,44-,45-,46-,47-,48-,49-,50-,51-,52-,53-,54-,55-,134?,135?,136?,137?,138?,139?/m1/s1. The maximum absolute atomic E-state index is 15.0. The van der Waals surface area contributed by atoms with Crippen molar-refractivity contribution in [2.75, 3.05) is 69.7 Å². The van der Waals surface area contributed by atoms with Gasteiger partial charge in [-0.1, -0.05) is 66.0 Å². The fourth-order valence-electron chi connectivity index (χ4n) is 16.7. The van der Waals surface area contributed by atoms with Crippen molar-refractivity contribution in [1.82, 2.24) is 86.8 Å². The highest BCUT2D eigenvalue weighted by Crippen LogP contribution is 2.57. The third-order valence-corrected chi connectivity index (χ3v) is 34.4. The van der Waals surface area contributed by atoms with E-state index in [4.69, 9.17) is 191 Å². The number of fused-ring (bicyclic) bond motifs is 2. The van der Waals surface area contributed by atoms with Crippen LogP contribution in [-0.4, -0.2) is 219 Å². The van der Waals surface area contributed by atoms with E-state index in [0.29, 0.717) is 0 Å². The molecule has 7 aliphatic rings. The summed E-state index contributed by atoms with van der Waals surface area (Å²) in [4.78, 5) is 240. The van der Waals surface area contributed by atoms with Crippen molar-refractivity contribution >= 4 is 165 Å². The van der Waals surface area contributed by atoms with Crippen LogP contribution in [-0.2, 0) is 177 Å². The number of anilines is 4. The van der Waals surface area contributed by atoms with Crippen LogP contribution in [0.1, 0.15) is 130 Å². The number of phosphoric acid groups is 1. The van der Waals surface area contributed by atoms with E-state index in [9.17, 15) is 81.6 Å². The van der Waals surface area contributed by atoms with Crippen LogP contribution in [0.5, 0.6) is 0 Å². The normalized spacial score (nSPS) is 29.5. The van der Waals surface area contributed by atoms with Gasteiger partial charge >= 0.3 is 28.4 Å².